The second-order valence-electron chi connectivity index (χ2n) is 8.27. The van der Waals surface area contributed by atoms with Crippen molar-refractivity contribution in [2.45, 2.75) is 38.4 Å². The van der Waals surface area contributed by atoms with Crippen LogP contribution in [0, 0.1) is 12.8 Å². The predicted molar refractivity (Wildman–Crippen MR) is 117 cm³/mol. The number of nitrogens with two attached hydrogens (primary N) is 1. The lowest BCUT2D eigenvalue weighted by atomic mass is 9.83. The van der Waals surface area contributed by atoms with E-state index >= 15 is 0 Å². The molecule has 1 fully saturated rings. The highest BCUT2D eigenvalue weighted by Crippen LogP contribution is 2.40. The summed E-state index contributed by atoms with van der Waals surface area (Å²) >= 11 is 0. The van der Waals surface area contributed by atoms with Crippen LogP contribution in [0.15, 0.2) is 36.4 Å². The summed E-state index contributed by atoms with van der Waals surface area (Å²) in [7, 11) is 1.60. The number of carbonyl (C=O) groups is 1. The zero-order valence-corrected chi connectivity index (χ0v) is 18.0. The molecule has 2 heterocycles. The van der Waals surface area contributed by atoms with E-state index in [2.05, 4.69) is 0 Å². The maximum Gasteiger partial charge on any atom is 0.415 e. The zero-order chi connectivity index (χ0) is 22.0. The Morgan fingerprint density at radius 1 is 1.16 bits per heavy atom. The third-order valence-corrected chi connectivity index (χ3v) is 6.41. The lowest BCUT2D eigenvalue weighted by molar-refractivity contribution is -0.0633. The van der Waals surface area contributed by atoms with E-state index < -0.39 is 0 Å². The summed E-state index contributed by atoms with van der Waals surface area (Å²) in [5.74, 6) is 1.86. The van der Waals surface area contributed by atoms with Gasteiger partial charge in [0.25, 0.3) is 0 Å². The van der Waals surface area contributed by atoms with Crippen molar-refractivity contribution in [2.75, 3.05) is 26.7 Å². The van der Waals surface area contributed by atoms with E-state index in [4.69, 9.17) is 19.9 Å². The first-order valence-corrected chi connectivity index (χ1v) is 10.8. The van der Waals surface area contributed by atoms with E-state index in [0.29, 0.717) is 49.2 Å². The molecule has 31 heavy (non-hydrogen) atoms. The van der Waals surface area contributed by atoms with Gasteiger partial charge >= 0.3 is 6.09 Å². The van der Waals surface area contributed by atoms with Gasteiger partial charge in [0.2, 0.25) is 0 Å². The van der Waals surface area contributed by atoms with Gasteiger partial charge in [0.15, 0.2) is 0 Å². The van der Waals surface area contributed by atoms with Crippen molar-refractivity contribution in [2.24, 2.45) is 11.7 Å². The summed E-state index contributed by atoms with van der Waals surface area (Å²) < 4.78 is 16.9. The van der Waals surface area contributed by atoms with Crippen molar-refractivity contribution < 1.29 is 24.1 Å². The normalized spacial score (nSPS) is 21.5. The molecule has 4 rings (SSSR count). The fourth-order valence-electron chi connectivity index (χ4n) is 4.54. The number of phenolic OH excluding ortho intramolecular Hbond substituents is 1. The summed E-state index contributed by atoms with van der Waals surface area (Å²) in [6.45, 7) is 3.50. The summed E-state index contributed by atoms with van der Waals surface area (Å²) in [6.07, 6.45) is 1.74. The maximum atomic E-state index is 12.5. The number of aryl methyl sites for hydroxylation is 1. The van der Waals surface area contributed by atoms with Crippen LogP contribution in [-0.4, -0.2) is 48.9 Å². The van der Waals surface area contributed by atoms with E-state index in [1.54, 1.807) is 36.3 Å². The van der Waals surface area contributed by atoms with Crippen LogP contribution in [0.4, 0.5) is 4.79 Å². The molecule has 2 aliphatic rings. The molecule has 2 aromatic rings. The van der Waals surface area contributed by atoms with Gasteiger partial charge in [0.05, 0.1) is 19.3 Å². The van der Waals surface area contributed by atoms with E-state index in [9.17, 15) is 9.90 Å². The number of benzene rings is 2. The van der Waals surface area contributed by atoms with Gasteiger partial charge in [-0.05, 0) is 61.1 Å². The molecule has 1 amide bonds. The van der Waals surface area contributed by atoms with E-state index in [-0.39, 0.29) is 18.3 Å². The van der Waals surface area contributed by atoms with Gasteiger partial charge in [-0.25, -0.2) is 4.79 Å². The summed E-state index contributed by atoms with van der Waals surface area (Å²) in [4.78, 5) is 14.3. The average molecular weight is 427 g/mol. The molecular weight excluding hydrogens is 396 g/mol. The van der Waals surface area contributed by atoms with E-state index in [1.165, 1.54) is 0 Å². The number of aromatic hydroxyl groups is 1. The van der Waals surface area contributed by atoms with Gasteiger partial charge in [0, 0.05) is 31.6 Å². The fraction of sp³-hybridized carbons (Fsp3) is 0.458. The molecule has 0 saturated carbocycles. The van der Waals surface area contributed by atoms with Gasteiger partial charge in [-0.2, -0.15) is 0 Å². The minimum Gasteiger partial charge on any atom is -0.507 e. The second kappa shape index (κ2) is 9.16. The molecule has 0 unspecified atom stereocenters. The van der Waals surface area contributed by atoms with Gasteiger partial charge in [-0.3, -0.25) is 0 Å². The van der Waals surface area contributed by atoms with Crippen molar-refractivity contribution in [3.8, 4) is 17.2 Å². The number of carbonyl (C=O) groups excluding carboxylic acids is 1. The smallest absolute Gasteiger partial charge is 0.415 e. The Morgan fingerprint density at radius 3 is 2.48 bits per heavy atom. The SMILES string of the molecule is COc1ccc(OC(=O)N2CCC([C@@H]3Cc4c(ccc(C)c4O)[C@H](CN)O3)CC2)cc1. The number of hydrogen-bond donors (Lipinski definition) is 2. The summed E-state index contributed by atoms with van der Waals surface area (Å²) in [5, 5.41) is 10.6. The van der Waals surface area contributed by atoms with Crippen LogP contribution in [0.1, 0.15) is 35.6 Å². The number of fused-ring (bicyclic) bond motifs is 1. The molecule has 0 radical (unpaired) electrons. The van der Waals surface area contributed by atoms with Crippen LogP contribution < -0.4 is 15.2 Å². The lowest BCUT2D eigenvalue weighted by Gasteiger charge is -2.40. The van der Waals surface area contributed by atoms with Crippen molar-refractivity contribution in [3.05, 3.63) is 53.1 Å². The first-order valence-electron chi connectivity index (χ1n) is 10.8. The number of amides is 1. The Kier molecular flexibility index (Phi) is 6.34. The minimum absolute atomic E-state index is 0.0199. The van der Waals surface area contributed by atoms with E-state index in [1.807, 2.05) is 19.1 Å². The van der Waals surface area contributed by atoms with Gasteiger partial charge < -0.3 is 30.0 Å². The number of nitrogens with zero attached hydrogens (tertiary/aromatic N) is 1. The van der Waals surface area contributed by atoms with Crippen LogP contribution in [0.3, 0.4) is 0 Å². The van der Waals surface area contributed by atoms with Crippen LogP contribution in [-0.2, 0) is 11.2 Å². The Bertz CT molecular complexity index is 922. The largest absolute Gasteiger partial charge is 0.507 e. The predicted octanol–water partition coefficient (Wildman–Crippen LogP) is 3.56. The number of ether oxygens (including phenoxy) is 3. The van der Waals surface area contributed by atoms with Crippen molar-refractivity contribution in [1.29, 1.82) is 0 Å². The van der Waals surface area contributed by atoms with Crippen molar-refractivity contribution in [3.63, 3.8) is 0 Å². The van der Waals surface area contributed by atoms with Crippen LogP contribution >= 0.6 is 0 Å². The average Bonchev–Trinajstić information content (AvgIpc) is 2.81. The molecular formula is C24H30N2O5. The first-order chi connectivity index (χ1) is 15.0. The third kappa shape index (κ3) is 4.48. The molecule has 0 aromatic heterocycles. The fourth-order valence-corrected chi connectivity index (χ4v) is 4.54. The highest BCUT2D eigenvalue weighted by atomic mass is 16.6. The zero-order valence-electron chi connectivity index (χ0n) is 18.0. The molecule has 2 atom stereocenters. The number of methoxy groups -OCH3 is 1. The molecule has 1 saturated heterocycles. The molecule has 0 bridgehead atoms. The van der Waals surface area contributed by atoms with Crippen molar-refractivity contribution >= 4 is 6.09 Å². The molecule has 0 aliphatic carbocycles. The highest BCUT2D eigenvalue weighted by molar-refractivity contribution is 5.70. The lowest BCUT2D eigenvalue weighted by Crippen LogP contribution is -2.45. The first kappa shape index (κ1) is 21.5. The Balaban J connectivity index is 1.37. The van der Waals surface area contributed by atoms with Crippen LogP contribution in [0.2, 0.25) is 0 Å². The molecule has 2 aromatic carbocycles. The molecule has 7 heteroatoms. The van der Waals surface area contributed by atoms with Gasteiger partial charge in [-0.15, -0.1) is 0 Å². The highest BCUT2D eigenvalue weighted by Gasteiger charge is 2.36. The molecule has 166 valence electrons. The molecule has 7 nitrogen and oxygen atoms in total. The van der Waals surface area contributed by atoms with Gasteiger partial charge in [0.1, 0.15) is 17.2 Å². The number of rotatable bonds is 4. The van der Waals surface area contributed by atoms with Crippen molar-refractivity contribution in [1.82, 2.24) is 4.90 Å². The van der Waals surface area contributed by atoms with Crippen LogP contribution in [0.5, 0.6) is 17.2 Å². The Morgan fingerprint density at radius 2 is 1.84 bits per heavy atom. The number of piperidine rings is 1. The minimum atomic E-state index is -0.341. The third-order valence-electron chi connectivity index (χ3n) is 6.41. The summed E-state index contributed by atoms with van der Waals surface area (Å²) in [6, 6.07) is 10.9. The summed E-state index contributed by atoms with van der Waals surface area (Å²) in [5.41, 5.74) is 8.77. The molecule has 3 N–H and O–H groups in total. The quantitative estimate of drug-likeness (QED) is 0.776. The Hall–Kier alpha value is -2.77. The number of phenols is 1. The monoisotopic (exact) mass is 426 g/mol. The standard InChI is InChI=1S/C24H30N2O5/c1-15-3-8-19-20(23(15)27)13-21(31-22(19)14-25)16-9-11-26(12-10-16)24(28)30-18-6-4-17(29-2)5-7-18/h3-8,16,21-22,27H,9-14,25H2,1-2H3/t21-,22-/m0/s1. The number of likely N-dealkylation sites (tertiary alicyclic amines) is 1. The molecule has 0 spiro atoms. The number of hydrogen-bond acceptors (Lipinski definition) is 6. The Labute approximate surface area is 182 Å². The maximum absolute atomic E-state index is 12.5. The van der Waals surface area contributed by atoms with Gasteiger partial charge in [-0.1, -0.05) is 12.1 Å². The van der Waals surface area contributed by atoms with Crippen LogP contribution in [0.25, 0.3) is 0 Å². The second-order valence-corrected chi connectivity index (χ2v) is 8.27. The molecule has 2 aliphatic heterocycles. The van der Waals surface area contributed by atoms with E-state index in [0.717, 1.165) is 29.5 Å². The topological polar surface area (TPSA) is 94.2 Å².